The number of benzene rings is 3. The number of hydrogen-bond donors (Lipinski definition) is 0. The van der Waals surface area contributed by atoms with Gasteiger partial charge in [-0.1, -0.05) is 56.1 Å². The van der Waals surface area contributed by atoms with Crippen molar-refractivity contribution in [1.29, 1.82) is 0 Å². The van der Waals surface area contributed by atoms with Gasteiger partial charge in [0.25, 0.3) is 0 Å². The molecular formula is C35H34O6. The second-order valence-corrected chi connectivity index (χ2v) is 10.6. The van der Waals surface area contributed by atoms with Crippen LogP contribution in [0.1, 0.15) is 49.8 Å². The van der Waals surface area contributed by atoms with E-state index in [0.29, 0.717) is 12.2 Å². The van der Waals surface area contributed by atoms with Gasteiger partial charge in [0.05, 0.1) is 6.61 Å². The quantitative estimate of drug-likeness (QED) is 0.157. The van der Waals surface area contributed by atoms with Crippen LogP contribution in [-0.2, 0) is 25.5 Å². The molecule has 0 amide bonds. The van der Waals surface area contributed by atoms with Crippen LogP contribution in [0.5, 0.6) is 11.5 Å². The van der Waals surface area contributed by atoms with Crippen molar-refractivity contribution in [1.82, 2.24) is 0 Å². The van der Waals surface area contributed by atoms with Crippen molar-refractivity contribution in [2.24, 2.45) is 0 Å². The number of carbonyl (C=O) groups excluding carboxylic acids is 3. The maximum Gasteiger partial charge on any atom is 0.338 e. The Morgan fingerprint density at radius 1 is 0.732 bits per heavy atom. The molecule has 3 aromatic rings. The van der Waals surface area contributed by atoms with Crippen molar-refractivity contribution in [2.45, 2.75) is 46.5 Å². The summed E-state index contributed by atoms with van der Waals surface area (Å²) >= 11 is 0. The van der Waals surface area contributed by atoms with Gasteiger partial charge < -0.3 is 14.2 Å². The third-order valence-electron chi connectivity index (χ3n) is 6.98. The number of hydrogen-bond acceptors (Lipinski definition) is 6. The van der Waals surface area contributed by atoms with Crippen LogP contribution in [0, 0.1) is 6.92 Å². The number of fused-ring (bicyclic) bond motifs is 1. The molecule has 0 radical (unpaired) electrons. The standard InChI is InChI=1S/C35H34O6/c1-20(2)33(36)39-19-27-9-8-26-15-25(11-13-32(26)27)24-10-12-31(23(7)14-24)28-16-29(40-34(37)21(3)4)18-30(17-28)41-35(38)22(5)6/h10-18,27H,1,3,5,8-9,19H2,2,4,6-7H3. The highest BCUT2D eigenvalue weighted by atomic mass is 16.5. The molecular weight excluding hydrogens is 516 g/mol. The Kier molecular flexibility index (Phi) is 8.72. The summed E-state index contributed by atoms with van der Waals surface area (Å²) in [6, 6.07) is 17.5. The van der Waals surface area contributed by atoms with Gasteiger partial charge >= 0.3 is 17.9 Å². The van der Waals surface area contributed by atoms with Crippen molar-refractivity contribution in [3.05, 3.63) is 108 Å². The molecule has 0 bridgehead atoms. The summed E-state index contributed by atoms with van der Waals surface area (Å²) in [7, 11) is 0. The van der Waals surface area contributed by atoms with Gasteiger partial charge in [0.1, 0.15) is 11.5 Å². The van der Waals surface area contributed by atoms with E-state index in [-0.39, 0.29) is 34.5 Å². The Morgan fingerprint density at radius 3 is 1.85 bits per heavy atom. The van der Waals surface area contributed by atoms with Crippen molar-refractivity contribution < 1.29 is 28.6 Å². The number of esters is 3. The molecule has 210 valence electrons. The second-order valence-electron chi connectivity index (χ2n) is 10.6. The van der Waals surface area contributed by atoms with E-state index in [0.717, 1.165) is 40.7 Å². The first kappa shape index (κ1) is 29.3. The smallest absolute Gasteiger partial charge is 0.338 e. The molecule has 41 heavy (non-hydrogen) atoms. The molecule has 1 unspecified atom stereocenters. The SMILES string of the molecule is C=C(C)C(=O)OCC1CCc2cc(-c3ccc(-c4cc(OC(=O)C(=C)C)cc(OC(=O)C(=C)C)c4)c(C)c3)ccc21. The van der Waals surface area contributed by atoms with Crippen LogP contribution >= 0.6 is 0 Å². The molecule has 1 aliphatic carbocycles. The summed E-state index contributed by atoms with van der Waals surface area (Å²) in [6.07, 6.45) is 1.86. The lowest BCUT2D eigenvalue weighted by atomic mass is 9.93. The average molecular weight is 551 g/mol. The van der Waals surface area contributed by atoms with Crippen molar-refractivity contribution in [3.8, 4) is 33.8 Å². The van der Waals surface area contributed by atoms with Gasteiger partial charge in [0.2, 0.25) is 0 Å². The zero-order valence-electron chi connectivity index (χ0n) is 24.0. The summed E-state index contributed by atoms with van der Waals surface area (Å²) in [5.74, 6) is -0.827. The number of carbonyl (C=O) groups is 3. The monoisotopic (exact) mass is 550 g/mol. The van der Waals surface area contributed by atoms with E-state index in [4.69, 9.17) is 14.2 Å². The summed E-state index contributed by atoms with van der Waals surface area (Å²) in [6.45, 7) is 18.0. The highest BCUT2D eigenvalue weighted by molar-refractivity contribution is 5.90. The molecule has 1 atom stereocenters. The molecule has 1 aliphatic rings. The van der Waals surface area contributed by atoms with E-state index in [1.807, 2.05) is 19.1 Å². The lowest BCUT2D eigenvalue weighted by molar-refractivity contribution is -0.139. The van der Waals surface area contributed by atoms with Crippen molar-refractivity contribution >= 4 is 17.9 Å². The fraction of sp³-hybridized carbons (Fsp3) is 0.229. The Balaban J connectivity index is 1.61. The minimum atomic E-state index is -0.570. The van der Waals surface area contributed by atoms with E-state index in [9.17, 15) is 14.4 Å². The van der Waals surface area contributed by atoms with Crippen LogP contribution in [-0.4, -0.2) is 24.5 Å². The van der Waals surface area contributed by atoms with E-state index in [1.165, 1.54) is 17.2 Å². The van der Waals surface area contributed by atoms with Crippen LogP contribution < -0.4 is 9.47 Å². The zero-order valence-corrected chi connectivity index (χ0v) is 24.0. The summed E-state index contributed by atoms with van der Waals surface area (Å²) in [5, 5.41) is 0. The first-order valence-electron chi connectivity index (χ1n) is 13.4. The molecule has 0 aliphatic heterocycles. The predicted octanol–water partition coefficient (Wildman–Crippen LogP) is 7.44. The van der Waals surface area contributed by atoms with E-state index in [1.54, 1.807) is 32.9 Å². The van der Waals surface area contributed by atoms with Gasteiger partial charge in [-0.05, 0) is 91.6 Å². The van der Waals surface area contributed by atoms with Gasteiger partial charge in [-0.15, -0.1) is 0 Å². The zero-order chi connectivity index (χ0) is 29.8. The topological polar surface area (TPSA) is 78.9 Å². The van der Waals surface area contributed by atoms with Crippen molar-refractivity contribution in [2.75, 3.05) is 6.61 Å². The highest BCUT2D eigenvalue weighted by Gasteiger charge is 2.24. The van der Waals surface area contributed by atoms with Gasteiger partial charge in [-0.3, -0.25) is 0 Å². The molecule has 0 aromatic heterocycles. The highest BCUT2D eigenvalue weighted by Crippen LogP contribution is 2.38. The average Bonchev–Trinajstić information content (AvgIpc) is 3.33. The molecule has 0 saturated carbocycles. The minimum absolute atomic E-state index is 0.186. The molecule has 4 rings (SSSR count). The maximum absolute atomic E-state index is 12.2. The van der Waals surface area contributed by atoms with E-state index in [2.05, 4.69) is 44.0 Å². The van der Waals surface area contributed by atoms with E-state index < -0.39 is 11.9 Å². The molecule has 3 aromatic carbocycles. The Labute approximate surface area is 241 Å². The fourth-order valence-corrected chi connectivity index (χ4v) is 4.76. The molecule has 6 nitrogen and oxygen atoms in total. The lowest BCUT2D eigenvalue weighted by Crippen LogP contribution is -2.11. The molecule has 6 heteroatoms. The molecule has 0 N–H and O–H groups in total. The van der Waals surface area contributed by atoms with Crippen LogP contribution in [0.3, 0.4) is 0 Å². The largest absolute Gasteiger partial charge is 0.462 e. The van der Waals surface area contributed by atoms with Gasteiger partial charge in [0, 0.05) is 28.7 Å². The Hall–Kier alpha value is -4.71. The summed E-state index contributed by atoms with van der Waals surface area (Å²) < 4.78 is 16.3. The maximum atomic E-state index is 12.2. The van der Waals surface area contributed by atoms with Crippen LogP contribution in [0.15, 0.2) is 91.1 Å². The minimum Gasteiger partial charge on any atom is -0.462 e. The molecule has 0 heterocycles. The number of aryl methyl sites for hydroxylation is 2. The van der Waals surface area contributed by atoms with Crippen molar-refractivity contribution in [3.63, 3.8) is 0 Å². The first-order chi connectivity index (χ1) is 19.4. The second kappa shape index (κ2) is 12.2. The number of ether oxygens (including phenoxy) is 3. The normalized spacial score (nSPS) is 13.6. The van der Waals surface area contributed by atoms with Crippen LogP contribution in [0.25, 0.3) is 22.3 Å². The lowest BCUT2D eigenvalue weighted by Gasteiger charge is -2.15. The first-order valence-corrected chi connectivity index (χ1v) is 13.4. The fourth-order valence-electron chi connectivity index (χ4n) is 4.76. The Bertz CT molecular complexity index is 1550. The Morgan fingerprint density at radius 2 is 1.29 bits per heavy atom. The van der Waals surface area contributed by atoms with Crippen LogP contribution in [0.2, 0.25) is 0 Å². The third kappa shape index (κ3) is 6.90. The third-order valence-corrected chi connectivity index (χ3v) is 6.98. The predicted molar refractivity (Wildman–Crippen MR) is 160 cm³/mol. The van der Waals surface area contributed by atoms with Gasteiger partial charge in [0.15, 0.2) is 0 Å². The van der Waals surface area contributed by atoms with Gasteiger partial charge in [-0.2, -0.15) is 0 Å². The molecule has 0 saturated heterocycles. The number of rotatable bonds is 9. The van der Waals surface area contributed by atoms with Crippen LogP contribution in [0.4, 0.5) is 0 Å². The summed E-state index contributed by atoms with van der Waals surface area (Å²) in [5.41, 5.74) is 8.17. The molecule has 0 fully saturated rings. The molecule has 0 spiro atoms. The van der Waals surface area contributed by atoms with Gasteiger partial charge in [-0.25, -0.2) is 14.4 Å². The van der Waals surface area contributed by atoms with E-state index >= 15 is 0 Å². The summed E-state index contributed by atoms with van der Waals surface area (Å²) in [4.78, 5) is 36.2.